The predicted octanol–water partition coefficient (Wildman–Crippen LogP) is 1.23. The molecule has 1 aromatic carbocycles. The van der Waals surface area contributed by atoms with Gasteiger partial charge in [-0.1, -0.05) is 13.3 Å². The van der Waals surface area contributed by atoms with Gasteiger partial charge >= 0.3 is 0 Å². The Balaban J connectivity index is 0.000000288. The quantitative estimate of drug-likeness (QED) is 0.517. The molecule has 15 heavy (non-hydrogen) atoms. The number of aldehydes is 1. The maximum absolute atomic E-state index is 10.0. The molecule has 5 N–H and O–H groups in total. The number of aromatic hydroxyl groups is 1. The van der Waals surface area contributed by atoms with Gasteiger partial charge in [-0.05, 0) is 30.7 Å². The molecule has 0 atom stereocenters. The van der Waals surface area contributed by atoms with E-state index in [-0.39, 0.29) is 11.9 Å². The third-order valence-corrected chi connectivity index (χ3v) is 1.65. The van der Waals surface area contributed by atoms with Gasteiger partial charge in [-0.2, -0.15) is 0 Å². The molecule has 1 aromatic rings. The first kappa shape index (κ1) is 13.6. The van der Waals surface area contributed by atoms with E-state index < -0.39 is 0 Å². The van der Waals surface area contributed by atoms with E-state index >= 15 is 0 Å². The fourth-order valence-electron chi connectivity index (χ4n) is 0.886. The van der Waals surface area contributed by atoms with Crippen LogP contribution in [-0.2, 0) is 0 Å². The summed E-state index contributed by atoms with van der Waals surface area (Å²) in [4.78, 5) is 10.0. The third-order valence-electron chi connectivity index (χ3n) is 1.65. The highest BCUT2D eigenvalue weighted by Crippen LogP contribution is 2.07. The molecular weight excluding hydrogens is 192 g/mol. The monoisotopic (exact) mass is 210 g/mol. The molecule has 84 valence electrons. The zero-order valence-electron chi connectivity index (χ0n) is 8.89. The summed E-state index contributed by atoms with van der Waals surface area (Å²) >= 11 is 0. The number of phenolic OH excluding ortho intramolecular Hbond substituents is 1. The van der Waals surface area contributed by atoms with Gasteiger partial charge in [0.15, 0.2) is 0 Å². The van der Waals surface area contributed by atoms with E-state index in [1.165, 1.54) is 12.1 Å². The van der Waals surface area contributed by atoms with Crippen LogP contribution in [0.4, 0.5) is 0 Å². The van der Waals surface area contributed by atoms with Crippen LogP contribution in [0.25, 0.3) is 0 Å². The first-order chi connectivity index (χ1) is 7.10. The largest absolute Gasteiger partial charge is 0.508 e. The molecule has 0 bridgehead atoms. The molecule has 0 radical (unpaired) electrons. The van der Waals surface area contributed by atoms with Gasteiger partial charge in [-0.3, -0.25) is 4.79 Å². The van der Waals surface area contributed by atoms with Crippen LogP contribution in [0.15, 0.2) is 24.3 Å². The molecule has 4 nitrogen and oxygen atoms in total. The highest BCUT2D eigenvalue weighted by Gasteiger charge is 1.87. The van der Waals surface area contributed by atoms with Crippen LogP contribution in [0.1, 0.15) is 30.1 Å². The second-order valence-corrected chi connectivity index (χ2v) is 3.16. The van der Waals surface area contributed by atoms with Crippen molar-refractivity contribution >= 4 is 6.29 Å². The van der Waals surface area contributed by atoms with Gasteiger partial charge in [-0.25, -0.2) is 0 Å². The zero-order valence-corrected chi connectivity index (χ0v) is 8.89. The van der Waals surface area contributed by atoms with E-state index in [9.17, 15) is 4.79 Å². The molecule has 1 rings (SSSR count). The Morgan fingerprint density at radius 3 is 2.13 bits per heavy atom. The van der Waals surface area contributed by atoms with Crippen LogP contribution < -0.4 is 11.5 Å². The van der Waals surface area contributed by atoms with Crippen LogP contribution >= 0.6 is 0 Å². The smallest absolute Gasteiger partial charge is 0.150 e. The fourth-order valence-corrected chi connectivity index (χ4v) is 0.886. The summed E-state index contributed by atoms with van der Waals surface area (Å²) in [6.07, 6.45) is 2.65. The lowest BCUT2D eigenvalue weighted by Crippen LogP contribution is -2.29. The van der Waals surface area contributed by atoms with E-state index in [0.717, 1.165) is 19.1 Å². The number of hydrogen-bond acceptors (Lipinski definition) is 4. The summed E-state index contributed by atoms with van der Waals surface area (Å²) in [6.45, 7) is 2.06. The van der Waals surface area contributed by atoms with Crippen LogP contribution in [0.3, 0.4) is 0 Å². The van der Waals surface area contributed by atoms with Crippen molar-refractivity contribution in [1.29, 1.82) is 0 Å². The number of phenols is 1. The van der Waals surface area contributed by atoms with Crippen molar-refractivity contribution in [2.24, 2.45) is 11.5 Å². The molecule has 0 amide bonds. The van der Waals surface area contributed by atoms with Crippen molar-refractivity contribution in [2.45, 2.75) is 25.9 Å². The molecule has 0 heterocycles. The zero-order chi connectivity index (χ0) is 11.7. The highest BCUT2D eigenvalue weighted by molar-refractivity contribution is 5.74. The molecule has 0 unspecified atom stereocenters. The molecule has 0 aliphatic heterocycles. The van der Waals surface area contributed by atoms with Crippen molar-refractivity contribution < 1.29 is 9.90 Å². The summed E-state index contributed by atoms with van der Waals surface area (Å²) in [5.74, 6) is 0.181. The van der Waals surface area contributed by atoms with Crippen molar-refractivity contribution in [3.05, 3.63) is 29.8 Å². The molecular formula is C11H18N2O2. The maximum atomic E-state index is 10.0. The van der Waals surface area contributed by atoms with Gasteiger partial charge in [0.2, 0.25) is 0 Å². The van der Waals surface area contributed by atoms with Crippen LogP contribution in [-0.4, -0.2) is 17.6 Å². The predicted molar refractivity (Wildman–Crippen MR) is 60.6 cm³/mol. The van der Waals surface area contributed by atoms with E-state index in [0.29, 0.717) is 5.56 Å². The average Bonchev–Trinajstić information content (AvgIpc) is 2.20. The number of hydrogen-bond donors (Lipinski definition) is 3. The number of nitrogens with two attached hydrogens (primary N) is 2. The molecule has 0 saturated carbocycles. The topological polar surface area (TPSA) is 89.3 Å². The number of benzene rings is 1. The van der Waals surface area contributed by atoms with Gasteiger partial charge in [0, 0.05) is 5.56 Å². The van der Waals surface area contributed by atoms with Gasteiger partial charge in [0.25, 0.3) is 0 Å². The lowest BCUT2D eigenvalue weighted by atomic mass is 10.2. The lowest BCUT2D eigenvalue weighted by Gasteiger charge is -1.97. The Hall–Kier alpha value is -1.39. The molecule has 0 aliphatic rings. The summed E-state index contributed by atoms with van der Waals surface area (Å²) in [5.41, 5.74) is 10.9. The van der Waals surface area contributed by atoms with Gasteiger partial charge in [0.1, 0.15) is 12.0 Å². The number of carbonyl (C=O) groups is 1. The Kier molecular flexibility index (Phi) is 7.23. The van der Waals surface area contributed by atoms with Crippen molar-refractivity contribution in [1.82, 2.24) is 0 Å². The summed E-state index contributed by atoms with van der Waals surface area (Å²) in [6, 6.07) is 6.07. The highest BCUT2D eigenvalue weighted by atomic mass is 16.3. The summed E-state index contributed by atoms with van der Waals surface area (Å²) in [7, 11) is 0. The van der Waals surface area contributed by atoms with Crippen molar-refractivity contribution in [3.8, 4) is 5.75 Å². The minimum atomic E-state index is -0.102. The van der Waals surface area contributed by atoms with Gasteiger partial charge in [0.05, 0.1) is 6.17 Å². The van der Waals surface area contributed by atoms with E-state index in [2.05, 4.69) is 6.92 Å². The third kappa shape index (κ3) is 7.66. The average molecular weight is 210 g/mol. The molecule has 0 fully saturated rings. The van der Waals surface area contributed by atoms with Crippen molar-refractivity contribution in [3.63, 3.8) is 0 Å². The van der Waals surface area contributed by atoms with Crippen LogP contribution in [0.5, 0.6) is 5.75 Å². The second kappa shape index (κ2) is 7.96. The molecule has 4 heteroatoms. The lowest BCUT2D eigenvalue weighted by molar-refractivity contribution is 0.112. The Morgan fingerprint density at radius 1 is 1.33 bits per heavy atom. The molecule has 0 spiro atoms. The molecule has 0 aromatic heterocycles. The summed E-state index contributed by atoms with van der Waals surface area (Å²) in [5, 5.41) is 8.74. The fraction of sp³-hybridized carbons (Fsp3) is 0.364. The maximum Gasteiger partial charge on any atom is 0.150 e. The van der Waals surface area contributed by atoms with E-state index in [1.54, 1.807) is 12.1 Å². The molecule has 0 saturated heterocycles. The van der Waals surface area contributed by atoms with Crippen LogP contribution in [0, 0.1) is 0 Å². The van der Waals surface area contributed by atoms with Gasteiger partial charge < -0.3 is 16.6 Å². The van der Waals surface area contributed by atoms with Crippen LogP contribution in [0.2, 0.25) is 0 Å². The standard InChI is InChI=1S/C7H6O2.C4H12N2/c8-5-6-1-3-7(9)4-2-6;1-2-3-4(5)6/h1-5,9H;4H,2-3,5-6H2,1H3. The minimum absolute atomic E-state index is 0.102. The normalized spacial score (nSPS) is 9.33. The van der Waals surface area contributed by atoms with E-state index in [1.807, 2.05) is 0 Å². The summed E-state index contributed by atoms with van der Waals surface area (Å²) < 4.78 is 0. The SMILES string of the molecule is CCCC(N)N.O=Cc1ccc(O)cc1. The molecule has 0 aliphatic carbocycles. The first-order valence-corrected chi connectivity index (χ1v) is 4.85. The van der Waals surface area contributed by atoms with E-state index in [4.69, 9.17) is 16.6 Å². The number of carbonyl (C=O) groups excluding carboxylic acids is 1. The first-order valence-electron chi connectivity index (χ1n) is 4.85. The number of rotatable bonds is 3. The Morgan fingerprint density at radius 2 is 1.87 bits per heavy atom. The van der Waals surface area contributed by atoms with Gasteiger partial charge in [-0.15, -0.1) is 0 Å². The Bertz CT molecular complexity index is 270. The minimum Gasteiger partial charge on any atom is -0.508 e. The van der Waals surface area contributed by atoms with Crippen molar-refractivity contribution in [2.75, 3.05) is 0 Å². The second-order valence-electron chi connectivity index (χ2n) is 3.16. The Labute approximate surface area is 89.9 Å².